The second-order valence-corrected chi connectivity index (χ2v) is 6.88. The van der Waals surface area contributed by atoms with Crippen molar-refractivity contribution >= 4 is 30.1 Å². The van der Waals surface area contributed by atoms with E-state index in [9.17, 15) is 4.79 Å². The summed E-state index contributed by atoms with van der Waals surface area (Å²) < 4.78 is 0.112. The highest BCUT2D eigenvalue weighted by Crippen LogP contribution is 2.22. The van der Waals surface area contributed by atoms with Crippen molar-refractivity contribution in [2.45, 2.75) is 50.3 Å². The molecular formula is C12H25ClN2OS. The second kappa shape index (κ2) is 6.86. The van der Waals surface area contributed by atoms with E-state index in [4.69, 9.17) is 0 Å². The fourth-order valence-electron chi connectivity index (χ4n) is 1.81. The molecule has 1 rings (SSSR count). The Morgan fingerprint density at radius 1 is 1.47 bits per heavy atom. The van der Waals surface area contributed by atoms with Crippen molar-refractivity contribution in [1.82, 2.24) is 10.6 Å². The third kappa shape index (κ3) is 5.06. The Kier molecular flexibility index (Phi) is 6.89. The maximum atomic E-state index is 12.1. The smallest absolute Gasteiger partial charge is 0.240 e. The maximum absolute atomic E-state index is 12.1. The number of hydrogen-bond acceptors (Lipinski definition) is 3. The minimum atomic E-state index is -0.354. The zero-order valence-corrected chi connectivity index (χ0v) is 12.9. The summed E-state index contributed by atoms with van der Waals surface area (Å²) in [7, 11) is 0. The van der Waals surface area contributed by atoms with E-state index in [1.54, 1.807) is 11.8 Å². The van der Waals surface area contributed by atoms with Crippen LogP contribution in [-0.4, -0.2) is 35.5 Å². The van der Waals surface area contributed by atoms with Crippen LogP contribution in [0.15, 0.2) is 0 Å². The molecule has 5 heteroatoms. The Balaban J connectivity index is 0.00000256. The van der Waals surface area contributed by atoms with Gasteiger partial charge in [0.15, 0.2) is 0 Å². The molecule has 0 aliphatic carbocycles. The van der Waals surface area contributed by atoms with Crippen LogP contribution < -0.4 is 10.6 Å². The molecule has 0 spiro atoms. The Morgan fingerprint density at radius 2 is 2.12 bits per heavy atom. The summed E-state index contributed by atoms with van der Waals surface area (Å²) in [4.78, 5) is 12.1. The zero-order chi connectivity index (χ0) is 12.2. The van der Waals surface area contributed by atoms with Gasteiger partial charge in [-0.2, -0.15) is 11.8 Å². The third-order valence-electron chi connectivity index (χ3n) is 3.35. The quantitative estimate of drug-likeness (QED) is 0.830. The summed E-state index contributed by atoms with van der Waals surface area (Å²) in [5.74, 6) is 0.148. The molecule has 0 radical (unpaired) electrons. The summed E-state index contributed by atoms with van der Waals surface area (Å²) in [6.45, 7) is 7.98. The highest BCUT2D eigenvalue weighted by Gasteiger charge is 2.34. The maximum Gasteiger partial charge on any atom is 0.240 e. The average molecular weight is 281 g/mol. The molecule has 0 aromatic heterocycles. The summed E-state index contributed by atoms with van der Waals surface area (Å²) >= 11 is 1.78. The van der Waals surface area contributed by atoms with Crippen molar-refractivity contribution in [2.75, 3.05) is 19.3 Å². The number of rotatable bonds is 4. The van der Waals surface area contributed by atoms with Crippen molar-refractivity contribution in [3.63, 3.8) is 0 Å². The lowest BCUT2D eigenvalue weighted by molar-refractivity contribution is -0.128. The van der Waals surface area contributed by atoms with Crippen LogP contribution in [0, 0.1) is 0 Å². The van der Waals surface area contributed by atoms with Crippen molar-refractivity contribution in [1.29, 1.82) is 0 Å². The lowest BCUT2D eigenvalue weighted by atomic mass is 9.90. The molecule has 3 nitrogen and oxygen atoms in total. The van der Waals surface area contributed by atoms with E-state index in [1.807, 2.05) is 6.92 Å². The van der Waals surface area contributed by atoms with Crippen LogP contribution in [0.25, 0.3) is 0 Å². The topological polar surface area (TPSA) is 41.1 Å². The molecule has 0 saturated carbocycles. The van der Waals surface area contributed by atoms with Crippen molar-refractivity contribution in [3.8, 4) is 0 Å². The summed E-state index contributed by atoms with van der Waals surface area (Å²) in [6.07, 6.45) is 5.34. The van der Waals surface area contributed by atoms with Gasteiger partial charge < -0.3 is 10.6 Å². The number of halogens is 1. The molecule has 1 amide bonds. The molecule has 1 heterocycles. The average Bonchev–Trinajstić information content (AvgIpc) is 2.27. The molecule has 1 aliphatic rings. The predicted octanol–water partition coefficient (Wildman–Crippen LogP) is 2.20. The van der Waals surface area contributed by atoms with E-state index in [0.717, 1.165) is 25.9 Å². The van der Waals surface area contributed by atoms with Gasteiger partial charge in [0.05, 0.1) is 5.54 Å². The van der Waals surface area contributed by atoms with E-state index < -0.39 is 0 Å². The van der Waals surface area contributed by atoms with Gasteiger partial charge in [-0.3, -0.25) is 4.79 Å². The first-order valence-electron chi connectivity index (χ1n) is 5.98. The van der Waals surface area contributed by atoms with E-state index >= 15 is 0 Å². The van der Waals surface area contributed by atoms with Gasteiger partial charge >= 0.3 is 0 Å². The van der Waals surface area contributed by atoms with Crippen molar-refractivity contribution in [2.24, 2.45) is 0 Å². The van der Waals surface area contributed by atoms with Gasteiger partial charge in [-0.15, -0.1) is 12.4 Å². The molecule has 1 aliphatic heterocycles. The number of piperidine rings is 1. The second-order valence-electron chi connectivity index (χ2n) is 5.36. The molecule has 0 bridgehead atoms. The van der Waals surface area contributed by atoms with Crippen LogP contribution in [-0.2, 0) is 4.79 Å². The van der Waals surface area contributed by atoms with E-state index in [-0.39, 0.29) is 28.6 Å². The minimum absolute atomic E-state index is 0. The van der Waals surface area contributed by atoms with E-state index in [2.05, 4.69) is 30.7 Å². The first-order valence-corrected chi connectivity index (χ1v) is 7.21. The van der Waals surface area contributed by atoms with Crippen LogP contribution in [0.4, 0.5) is 0 Å². The molecule has 1 fully saturated rings. The minimum Gasteiger partial charge on any atom is -0.353 e. The van der Waals surface area contributed by atoms with Crippen LogP contribution in [0.5, 0.6) is 0 Å². The highest BCUT2D eigenvalue weighted by atomic mass is 35.5. The standard InChI is InChI=1S/C12H24N2OS.ClH/c1-11(2,16-4)9-13-10(15)12(3)7-5-6-8-14-12;/h14H,5-9H2,1-4H3,(H,13,15);1H. The third-order valence-corrected chi connectivity index (χ3v) is 4.60. The zero-order valence-electron chi connectivity index (χ0n) is 11.3. The molecule has 0 aromatic rings. The van der Waals surface area contributed by atoms with E-state index in [0.29, 0.717) is 0 Å². The van der Waals surface area contributed by atoms with E-state index in [1.165, 1.54) is 6.42 Å². The summed E-state index contributed by atoms with van der Waals surface area (Å²) in [5.41, 5.74) is -0.354. The number of nitrogens with one attached hydrogen (secondary N) is 2. The molecule has 102 valence electrons. The number of carbonyl (C=O) groups excluding carboxylic acids is 1. The molecule has 2 N–H and O–H groups in total. The van der Waals surface area contributed by atoms with Crippen LogP contribution in [0.2, 0.25) is 0 Å². The van der Waals surface area contributed by atoms with Gasteiger partial charge in [-0.1, -0.05) is 0 Å². The van der Waals surface area contributed by atoms with Gasteiger partial charge in [0.2, 0.25) is 5.91 Å². The monoisotopic (exact) mass is 280 g/mol. The first kappa shape index (κ1) is 17.1. The van der Waals surface area contributed by atoms with Gasteiger partial charge in [0, 0.05) is 11.3 Å². The normalized spacial score (nSPS) is 24.9. The number of amides is 1. The van der Waals surface area contributed by atoms with Crippen molar-refractivity contribution < 1.29 is 4.79 Å². The number of thioether (sulfide) groups is 1. The molecule has 17 heavy (non-hydrogen) atoms. The molecule has 1 saturated heterocycles. The summed E-state index contributed by atoms with van der Waals surface area (Å²) in [5, 5.41) is 6.39. The van der Waals surface area contributed by atoms with Gasteiger partial charge in [-0.05, 0) is 52.8 Å². The van der Waals surface area contributed by atoms with Gasteiger partial charge in [0.1, 0.15) is 0 Å². The van der Waals surface area contributed by atoms with Crippen molar-refractivity contribution in [3.05, 3.63) is 0 Å². The van der Waals surface area contributed by atoms with Crippen LogP contribution in [0.3, 0.4) is 0 Å². The largest absolute Gasteiger partial charge is 0.353 e. The number of hydrogen-bond donors (Lipinski definition) is 2. The summed E-state index contributed by atoms with van der Waals surface area (Å²) in [6, 6.07) is 0. The molecule has 1 unspecified atom stereocenters. The number of carbonyl (C=O) groups is 1. The fourth-order valence-corrected chi connectivity index (χ4v) is 2.03. The molecule has 0 aromatic carbocycles. The van der Waals surface area contributed by atoms with Crippen LogP contribution in [0.1, 0.15) is 40.0 Å². The fraction of sp³-hybridized carbons (Fsp3) is 0.917. The Hall–Kier alpha value is 0.0700. The highest BCUT2D eigenvalue weighted by molar-refractivity contribution is 7.99. The van der Waals surface area contributed by atoms with Gasteiger partial charge in [-0.25, -0.2) is 0 Å². The Morgan fingerprint density at radius 3 is 2.59 bits per heavy atom. The lowest BCUT2D eigenvalue weighted by Crippen LogP contribution is -2.58. The molecular weight excluding hydrogens is 256 g/mol. The Bertz CT molecular complexity index is 253. The Labute approximate surface area is 115 Å². The lowest BCUT2D eigenvalue weighted by Gasteiger charge is -2.34. The van der Waals surface area contributed by atoms with Crippen LogP contribution >= 0.6 is 24.2 Å². The van der Waals surface area contributed by atoms with Gasteiger partial charge in [0.25, 0.3) is 0 Å². The predicted molar refractivity (Wildman–Crippen MR) is 78.1 cm³/mol. The molecule has 1 atom stereocenters. The SMILES string of the molecule is CSC(C)(C)CNC(=O)C1(C)CCCCN1.Cl. The first-order chi connectivity index (χ1) is 7.40.